The van der Waals surface area contributed by atoms with Crippen LogP contribution >= 0.6 is 0 Å². The molecule has 0 amide bonds. The molecule has 2 heterocycles. The van der Waals surface area contributed by atoms with Gasteiger partial charge in [-0.1, -0.05) is 6.07 Å². The largest absolute Gasteiger partial charge is 0.490 e. The molecule has 0 bridgehead atoms. The highest BCUT2D eigenvalue weighted by atomic mass is 16.5. The maximum Gasteiger partial charge on any atom is 0.161 e. The third-order valence-electron chi connectivity index (χ3n) is 3.60. The molecule has 4 nitrogen and oxygen atoms in total. The lowest BCUT2D eigenvalue weighted by atomic mass is 9.99. The molecular weight excluding hydrogens is 254 g/mol. The van der Waals surface area contributed by atoms with Gasteiger partial charge in [0.2, 0.25) is 0 Å². The SMILES string of the molecule is CNC(c1ccc2c(c1)OCCCO2)c1ccoc1C. The summed E-state index contributed by atoms with van der Waals surface area (Å²) >= 11 is 0. The number of rotatable bonds is 3. The van der Waals surface area contributed by atoms with E-state index in [0.29, 0.717) is 13.2 Å². The molecule has 1 aromatic heterocycles. The number of hydrogen-bond acceptors (Lipinski definition) is 4. The molecule has 0 fully saturated rings. The maximum absolute atomic E-state index is 5.76. The van der Waals surface area contributed by atoms with Gasteiger partial charge in [0.15, 0.2) is 11.5 Å². The molecule has 0 saturated heterocycles. The van der Waals surface area contributed by atoms with Gasteiger partial charge >= 0.3 is 0 Å². The van der Waals surface area contributed by atoms with E-state index >= 15 is 0 Å². The zero-order valence-corrected chi connectivity index (χ0v) is 11.8. The smallest absolute Gasteiger partial charge is 0.161 e. The van der Waals surface area contributed by atoms with Crippen LogP contribution in [0.1, 0.15) is 29.3 Å². The zero-order chi connectivity index (χ0) is 13.9. The first-order chi connectivity index (χ1) is 9.79. The Balaban J connectivity index is 1.96. The molecule has 1 N–H and O–H groups in total. The van der Waals surface area contributed by atoms with Crippen molar-refractivity contribution in [1.29, 1.82) is 0 Å². The minimum atomic E-state index is 0.0888. The van der Waals surface area contributed by atoms with Crippen molar-refractivity contribution >= 4 is 0 Å². The first-order valence-corrected chi connectivity index (χ1v) is 6.90. The Morgan fingerprint density at radius 2 is 1.90 bits per heavy atom. The van der Waals surface area contributed by atoms with E-state index in [1.165, 1.54) is 0 Å². The highest BCUT2D eigenvalue weighted by Crippen LogP contribution is 2.34. The number of fused-ring (bicyclic) bond motifs is 1. The van der Waals surface area contributed by atoms with Crippen LogP contribution in [-0.4, -0.2) is 20.3 Å². The van der Waals surface area contributed by atoms with E-state index in [0.717, 1.165) is 34.8 Å². The van der Waals surface area contributed by atoms with Gasteiger partial charge in [-0.05, 0) is 37.7 Å². The van der Waals surface area contributed by atoms with Crippen LogP contribution in [0.3, 0.4) is 0 Å². The van der Waals surface area contributed by atoms with Gasteiger partial charge < -0.3 is 19.2 Å². The molecule has 1 aromatic carbocycles. The summed E-state index contributed by atoms with van der Waals surface area (Å²) in [5.41, 5.74) is 2.28. The molecule has 1 atom stereocenters. The van der Waals surface area contributed by atoms with Crippen molar-refractivity contribution in [1.82, 2.24) is 5.32 Å². The van der Waals surface area contributed by atoms with Gasteiger partial charge in [0, 0.05) is 12.0 Å². The van der Waals surface area contributed by atoms with E-state index in [1.54, 1.807) is 6.26 Å². The summed E-state index contributed by atoms with van der Waals surface area (Å²) in [7, 11) is 1.94. The lowest BCUT2D eigenvalue weighted by Gasteiger charge is -2.18. The van der Waals surface area contributed by atoms with Crippen LogP contribution in [0.5, 0.6) is 11.5 Å². The molecule has 2 aromatic rings. The third-order valence-corrected chi connectivity index (χ3v) is 3.60. The van der Waals surface area contributed by atoms with Crippen LogP contribution in [0.2, 0.25) is 0 Å². The van der Waals surface area contributed by atoms with Crippen LogP contribution in [0.4, 0.5) is 0 Å². The molecule has 1 unspecified atom stereocenters. The van der Waals surface area contributed by atoms with E-state index in [2.05, 4.69) is 11.4 Å². The summed E-state index contributed by atoms with van der Waals surface area (Å²) in [5.74, 6) is 2.57. The molecule has 20 heavy (non-hydrogen) atoms. The number of aryl methyl sites for hydroxylation is 1. The molecule has 1 aliphatic heterocycles. The fourth-order valence-electron chi connectivity index (χ4n) is 2.56. The number of benzene rings is 1. The summed E-state index contributed by atoms with van der Waals surface area (Å²) in [6.07, 6.45) is 2.64. The Kier molecular flexibility index (Phi) is 3.65. The van der Waals surface area contributed by atoms with Crippen molar-refractivity contribution in [2.24, 2.45) is 0 Å². The van der Waals surface area contributed by atoms with Crippen LogP contribution in [0.25, 0.3) is 0 Å². The van der Waals surface area contributed by atoms with E-state index < -0.39 is 0 Å². The summed E-state index contributed by atoms with van der Waals surface area (Å²) in [6.45, 7) is 3.39. The van der Waals surface area contributed by atoms with Gasteiger partial charge in [-0.25, -0.2) is 0 Å². The topological polar surface area (TPSA) is 43.6 Å². The summed E-state index contributed by atoms with van der Waals surface area (Å²) in [6, 6.07) is 8.19. The van der Waals surface area contributed by atoms with E-state index in [4.69, 9.17) is 13.9 Å². The molecule has 0 saturated carbocycles. The van der Waals surface area contributed by atoms with Gasteiger partial charge in [-0.15, -0.1) is 0 Å². The lowest BCUT2D eigenvalue weighted by molar-refractivity contribution is 0.297. The van der Waals surface area contributed by atoms with Gasteiger partial charge in [0.25, 0.3) is 0 Å². The van der Waals surface area contributed by atoms with Crippen molar-refractivity contribution in [2.75, 3.05) is 20.3 Å². The van der Waals surface area contributed by atoms with E-state index in [1.807, 2.05) is 32.2 Å². The molecule has 1 aliphatic rings. The van der Waals surface area contributed by atoms with Gasteiger partial charge in [-0.2, -0.15) is 0 Å². The number of furan rings is 1. The van der Waals surface area contributed by atoms with Crippen molar-refractivity contribution in [3.63, 3.8) is 0 Å². The van der Waals surface area contributed by atoms with E-state index in [-0.39, 0.29) is 6.04 Å². The lowest BCUT2D eigenvalue weighted by Crippen LogP contribution is -2.18. The standard InChI is InChI=1S/C16H19NO3/c1-11-13(6-9-18-11)16(17-2)12-4-5-14-15(10-12)20-8-3-7-19-14/h4-6,9-10,16-17H,3,7-8H2,1-2H3. The molecular formula is C16H19NO3. The fourth-order valence-corrected chi connectivity index (χ4v) is 2.56. The zero-order valence-electron chi connectivity index (χ0n) is 11.8. The highest BCUT2D eigenvalue weighted by Gasteiger charge is 2.19. The second kappa shape index (κ2) is 5.59. The van der Waals surface area contributed by atoms with E-state index in [9.17, 15) is 0 Å². The van der Waals surface area contributed by atoms with Crippen molar-refractivity contribution in [3.8, 4) is 11.5 Å². The fraction of sp³-hybridized carbons (Fsp3) is 0.375. The van der Waals surface area contributed by atoms with Crippen LogP contribution in [-0.2, 0) is 0 Å². The predicted octanol–water partition coefficient (Wildman–Crippen LogP) is 3.06. The molecule has 0 radical (unpaired) electrons. The summed E-state index contributed by atoms with van der Waals surface area (Å²) in [4.78, 5) is 0. The molecule has 3 rings (SSSR count). The Hall–Kier alpha value is -1.94. The van der Waals surface area contributed by atoms with Crippen molar-refractivity contribution in [3.05, 3.63) is 47.4 Å². The molecule has 4 heteroatoms. The Labute approximate surface area is 118 Å². The van der Waals surface area contributed by atoms with Gasteiger partial charge in [0.1, 0.15) is 5.76 Å². The number of hydrogen-bond donors (Lipinski definition) is 1. The monoisotopic (exact) mass is 273 g/mol. The van der Waals surface area contributed by atoms with Crippen LogP contribution < -0.4 is 14.8 Å². The Morgan fingerprint density at radius 3 is 2.60 bits per heavy atom. The number of nitrogens with one attached hydrogen (secondary N) is 1. The Bertz CT molecular complexity index is 591. The van der Waals surface area contributed by atoms with Crippen molar-refractivity contribution < 1.29 is 13.9 Å². The first-order valence-electron chi connectivity index (χ1n) is 6.90. The normalized spacial score (nSPS) is 15.7. The van der Waals surface area contributed by atoms with Crippen molar-refractivity contribution in [2.45, 2.75) is 19.4 Å². The predicted molar refractivity (Wildman–Crippen MR) is 76.4 cm³/mol. The maximum atomic E-state index is 5.76. The Morgan fingerprint density at radius 1 is 1.10 bits per heavy atom. The average Bonchev–Trinajstić information content (AvgIpc) is 2.75. The minimum absolute atomic E-state index is 0.0888. The molecule has 0 spiro atoms. The van der Waals surface area contributed by atoms with Crippen LogP contribution in [0, 0.1) is 6.92 Å². The van der Waals surface area contributed by atoms with Crippen LogP contribution in [0.15, 0.2) is 34.9 Å². The number of ether oxygens (including phenoxy) is 2. The third kappa shape index (κ3) is 2.39. The van der Waals surface area contributed by atoms with Gasteiger partial charge in [0.05, 0.1) is 25.5 Å². The second-order valence-electron chi connectivity index (χ2n) is 4.91. The van der Waals surface area contributed by atoms with Gasteiger partial charge in [-0.3, -0.25) is 0 Å². The summed E-state index contributed by atoms with van der Waals surface area (Å²) < 4.78 is 16.8. The summed E-state index contributed by atoms with van der Waals surface area (Å²) in [5, 5.41) is 3.33. The first kappa shape index (κ1) is 13.1. The average molecular weight is 273 g/mol. The molecule has 106 valence electrons. The minimum Gasteiger partial charge on any atom is -0.490 e. The quantitative estimate of drug-likeness (QED) is 0.933. The highest BCUT2D eigenvalue weighted by molar-refractivity contribution is 5.46. The second-order valence-corrected chi connectivity index (χ2v) is 4.91. The molecule has 0 aliphatic carbocycles.